The van der Waals surface area contributed by atoms with E-state index in [0.717, 1.165) is 23.3 Å². The Bertz CT molecular complexity index is 589. The number of benzene rings is 1. The zero-order valence-corrected chi connectivity index (χ0v) is 14.2. The van der Waals surface area contributed by atoms with E-state index in [9.17, 15) is 0 Å². The predicted octanol–water partition coefficient (Wildman–Crippen LogP) is 4.13. The summed E-state index contributed by atoms with van der Waals surface area (Å²) in [4.78, 5) is 0. The monoisotopic (exact) mass is 335 g/mol. The molecule has 2 aromatic rings. The molecule has 0 aliphatic heterocycles. The zero-order chi connectivity index (χ0) is 14.7. The van der Waals surface area contributed by atoms with Gasteiger partial charge in [-0.2, -0.15) is 5.10 Å². The molecule has 1 aromatic carbocycles. The highest BCUT2D eigenvalue weighted by atomic mass is 79.9. The van der Waals surface area contributed by atoms with E-state index < -0.39 is 0 Å². The maximum atomic E-state index is 4.52. The SMILES string of the molecule is CCn1nc(C)c(Br)c1CN[C@H](C)c1cccc(C)c1. The van der Waals surface area contributed by atoms with Crippen molar-refractivity contribution in [3.63, 3.8) is 0 Å². The summed E-state index contributed by atoms with van der Waals surface area (Å²) in [6, 6.07) is 8.96. The van der Waals surface area contributed by atoms with Crippen molar-refractivity contribution in [2.75, 3.05) is 0 Å². The second-order valence-corrected chi connectivity index (χ2v) is 5.97. The van der Waals surface area contributed by atoms with Crippen LogP contribution in [0.4, 0.5) is 0 Å². The third-order valence-corrected chi connectivity index (χ3v) is 4.60. The van der Waals surface area contributed by atoms with Crippen LogP contribution in [0.3, 0.4) is 0 Å². The molecule has 0 fully saturated rings. The van der Waals surface area contributed by atoms with Crippen LogP contribution in [0.15, 0.2) is 28.7 Å². The molecule has 108 valence electrons. The Morgan fingerprint density at radius 1 is 1.35 bits per heavy atom. The fourth-order valence-corrected chi connectivity index (χ4v) is 2.77. The number of aryl methyl sites for hydroxylation is 3. The van der Waals surface area contributed by atoms with Crippen LogP contribution in [0.2, 0.25) is 0 Å². The molecule has 1 N–H and O–H groups in total. The topological polar surface area (TPSA) is 29.9 Å². The molecule has 1 heterocycles. The molecule has 0 aliphatic rings. The molecule has 0 amide bonds. The molecule has 2 rings (SSSR count). The fourth-order valence-electron chi connectivity index (χ4n) is 2.34. The van der Waals surface area contributed by atoms with Gasteiger partial charge in [0.25, 0.3) is 0 Å². The van der Waals surface area contributed by atoms with Crippen LogP contribution in [-0.2, 0) is 13.1 Å². The molecule has 0 unspecified atom stereocenters. The normalized spacial score (nSPS) is 12.7. The van der Waals surface area contributed by atoms with E-state index in [1.165, 1.54) is 16.8 Å². The number of halogens is 1. The molecule has 0 spiro atoms. The molecule has 1 atom stereocenters. The maximum Gasteiger partial charge on any atom is 0.0739 e. The van der Waals surface area contributed by atoms with Crippen molar-refractivity contribution in [1.29, 1.82) is 0 Å². The average molecular weight is 336 g/mol. The van der Waals surface area contributed by atoms with Gasteiger partial charge in [0, 0.05) is 19.1 Å². The lowest BCUT2D eigenvalue weighted by molar-refractivity contribution is 0.529. The van der Waals surface area contributed by atoms with Crippen LogP contribution in [0.5, 0.6) is 0 Å². The minimum Gasteiger partial charge on any atom is -0.305 e. The van der Waals surface area contributed by atoms with Crippen molar-refractivity contribution in [3.8, 4) is 0 Å². The van der Waals surface area contributed by atoms with Gasteiger partial charge in [0.05, 0.1) is 15.9 Å². The zero-order valence-electron chi connectivity index (χ0n) is 12.6. The second-order valence-electron chi connectivity index (χ2n) is 5.18. The summed E-state index contributed by atoms with van der Waals surface area (Å²) in [6.45, 7) is 10.2. The van der Waals surface area contributed by atoms with Crippen molar-refractivity contribution in [3.05, 3.63) is 51.3 Å². The molecular weight excluding hydrogens is 314 g/mol. The number of nitrogens with zero attached hydrogens (tertiary/aromatic N) is 2. The maximum absolute atomic E-state index is 4.52. The van der Waals surface area contributed by atoms with E-state index in [1.54, 1.807) is 0 Å². The quantitative estimate of drug-likeness (QED) is 0.890. The Morgan fingerprint density at radius 2 is 2.10 bits per heavy atom. The Labute approximate surface area is 129 Å². The fraction of sp³-hybridized carbons (Fsp3) is 0.438. The van der Waals surface area contributed by atoms with Gasteiger partial charge in [-0.05, 0) is 49.2 Å². The van der Waals surface area contributed by atoms with E-state index in [2.05, 4.69) is 76.1 Å². The Morgan fingerprint density at radius 3 is 2.75 bits per heavy atom. The molecule has 3 nitrogen and oxygen atoms in total. The van der Waals surface area contributed by atoms with E-state index in [4.69, 9.17) is 0 Å². The van der Waals surface area contributed by atoms with Crippen LogP contribution in [0, 0.1) is 13.8 Å². The molecule has 1 aromatic heterocycles. The summed E-state index contributed by atoms with van der Waals surface area (Å²) in [5, 5.41) is 8.10. The largest absolute Gasteiger partial charge is 0.305 e. The standard InChI is InChI=1S/C16H22BrN3/c1-5-20-15(16(17)13(4)19-20)10-18-12(3)14-8-6-7-11(2)9-14/h6-9,12,18H,5,10H2,1-4H3/t12-/m1/s1. The van der Waals surface area contributed by atoms with E-state index in [1.807, 2.05) is 6.92 Å². The number of hydrogen-bond acceptors (Lipinski definition) is 2. The third kappa shape index (κ3) is 3.30. The van der Waals surface area contributed by atoms with Crippen molar-refractivity contribution >= 4 is 15.9 Å². The Hall–Kier alpha value is -1.13. The first-order valence-corrected chi connectivity index (χ1v) is 7.84. The van der Waals surface area contributed by atoms with Gasteiger partial charge in [0.15, 0.2) is 0 Å². The van der Waals surface area contributed by atoms with Crippen LogP contribution in [-0.4, -0.2) is 9.78 Å². The predicted molar refractivity (Wildman–Crippen MR) is 86.8 cm³/mol. The molecular formula is C16H22BrN3. The minimum absolute atomic E-state index is 0.322. The highest BCUT2D eigenvalue weighted by molar-refractivity contribution is 9.10. The summed E-state index contributed by atoms with van der Waals surface area (Å²) >= 11 is 3.64. The van der Waals surface area contributed by atoms with Crippen LogP contribution in [0.1, 0.15) is 42.4 Å². The van der Waals surface area contributed by atoms with Gasteiger partial charge in [-0.3, -0.25) is 4.68 Å². The van der Waals surface area contributed by atoms with Gasteiger partial charge in [-0.1, -0.05) is 29.8 Å². The van der Waals surface area contributed by atoms with Gasteiger partial charge in [-0.15, -0.1) is 0 Å². The second kappa shape index (κ2) is 6.55. The number of nitrogens with one attached hydrogen (secondary N) is 1. The van der Waals surface area contributed by atoms with Gasteiger partial charge < -0.3 is 5.32 Å². The van der Waals surface area contributed by atoms with Crippen LogP contribution < -0.4 is 5.32 Å². The van der Waals surface area contributed by atoms with Crippen molar-refractivity contribution in [2.24, 2.45) is 0 Å². The summed E-state index contributed by atoms with van der Waals surface area (Å²) in [7, 11) is 0. The number of rotatable bonds is 5. The summed E-state index contributed by atoms with van der Waals surface area (Å²) in [5.41, 5.74) is 4.88. The van der Waals surface area contributed by atoms with Gasteiger partial charge in [0.2, 0.25) is 0 Å². The Kier molecular flexibility index (Phi) is 5.00. The van der Waals surface area contributed by atoms with Crippen molar-refractivity contribution < 1.29 is 0 Å². The van der Waals surface area contributed by atoms with Gasteiger partial charge in [0.1, 0.15) is 0 Å². The molecule has 0 saturated carbocycles. The highest BCUT2D eigenvalue weighted by Gasteiger charge is 2.13. The molecule has 0 radical (unpaired) electrons. The highest BCUT2D eigenvalue weighted by Crippen LogP contribution is 2.22. The van der Waals surface area contributed by atoms with E-state index in [-0.39, 0.29) is 0 Å². The van der Waals surface area contributed by atoms with E-state index in [0.29, 0.717) is 6.04 Å². The van der Waals surface area contributed by atoms with E-state index >= 15 is 0 Å². The first-order chi connectivity index (χ1) is 9.52. The van der Waals surface area contributed by atoms with Crippen molar-refractivity contribution in [1.82, 2.24) is 15.1 Å². The Balaban J connectivity index is 2.09. The smallest absolute Gasteiger partial charge is 0.0739 e. The van der Waals surface area contributed by atoms with Crippen LogP contribution >= 0.6 is 15.9 Å². The molecule has 20 heavy (non-hydrogen) atoms. The first kappa shape index (κ1) is 15.3. The summed E-state index contributed by atoms with van der Waals surface area (Å²) in [6.07, 6.45) is 0. The number of aromatic nitrogens is 2. The summed E-state index contributed by atoms with van der Waals surface area (Å²) in [5.74, 6) is 0. The first-order valence-electron chi connectivity index (χ1n) is 7.04. The molecule has 0 saturated heterocycles. The molecule has 0 bridgehead atoms. The number of hydrogen-bond donors (Lipinski definition) is 1. The van der Waals surface area contributed by atoms with Gasteiger partial charge >= 0.3 is 0 Å². The average Bonchev–Trinajstić information content (AvgIpc) is 2.71. The summed E-state index contributed by atoms with van der Waals surface area (Å²) < 4.78 is 3.17. The molecule has 4 heteroatoms. The van der Waals surface area contributed by atoms with Crippen LogP contribution in [0.25, 0.3) is 0 Å². The minimum atomic E-state index is 0.322. The lowest BCUT2D eigenvalue weighted by Gasteiger charge is -2.15. The van der Waals surface area contributed by atoms with Gasteiger partial charge in [-0.25, -0.2) is 0 Å². The lowest BCUT2D eigenvalue weighted by Crippen LogP contribution is -2.20. The molecule has 0 aliphatic carbocycles. The third-order valence-electron chi connectivity index (χ3n) is 3.57. The van der Waals surface area contributed by atoms with Crippen molar-refractivity contribution in [2.45, 2.75) is 46.8 Å². The lowest BCUT2D eigenvalue weighted by atomic mass is 10.1.